The molecule has 2 aliphatic carbocycles. The normalized spacial score (nSPS) is 27.0. The van der Waals surface area contributed by atoms with Crippen LogP contribution >= 0.6 is 0 Å². The second kappa shape index (κ2) is 7.88. The van der Waals surface area contributed by atoms with E-state index in [1.165, 1.54) is 32.1 Å². The van der Waals surface area contributed by atoms with Gasteiger partial charge in [0.25, 0.3) is 0 Å². The van der Waals surface area contributed by atoms with Crippen LogP contribution in [0.2, 0.25) is 0 Å². The first-order chi connectivity index (χ1) is 13.5. The number of carbonyl (C=O) groups excluding carboxylic acids is 2. The first-order valence-electron chi connectivity index (χ1n) is 11.2. The molecule has 1 aromatic heterocycles. The van der Waals surface area contributed by atoms with E-state index in [-0.39, 0.29) is 29.3 Å². The third-order valence-corrected chi connectivity index (χ3v) is 7.37. The van der Waals surface area contributed by atoms with Crippen LogP contribution in [0.5, 0.6) is 0 Å². The van der Waals surface area contributed by atoms with Crippen LogP contribution in [0.4, 0.5) is 0 Å². The number of hydrogen-bond acceptors (Lipinski definition) is 3. The number of amides is 2. The monoisotopic (exact) mass is 386 g/mol. The Morgan fingerprint density at radius 3 is 2.61 bits per heavy atom. The number of nitrogens with zero attached hydrogens (tertiary/aromatic N) is 3. The molecule has 154 valence electrons. The number of hydrogen-bond donors (Lipinski definition) is 1. The molecule has 2 heterocycles. The van der Waals surface area contributed by atoms with Gasteiger partial charge in [-0.2, -0.15) is 5.10 Å². The molecule has 6 nitrogen and oxygen atoms in total. The van der Waals surface area contributed by atoms with Crippen LogP contribution in [0.1, 0.15) is 70.9 Å². The molecule has 1 aromatic rings. The van der Waals surface area contributed by atoms with Gasteiger partial charge in [-0.05, 0) is 57.9 Å². The number of rotatable bonds is 6. The van der Waals surface area contributed by atoms with E-state index in [1.54, 1.807) is 0 Å². The molecule has 3 fully saturated rings. The molecule has 3 aliphatic rings. The van der Waals surface area contributed by atoms with Crippen molar-refractivity contribution in [3.8, 4) is 0 Å². The van der Waals surface area contributed by atoms with Crippen LogP contribution < -0.4 is 5.32 Å². The van der Waals surface area contributed by atoms with E-state index in [4.69, 9.17) is 0 Å². The zero-order valence-electron chi connectivity index (χ0n) is 17.3. The molecule has 1 N–H and O–H groups in total. The Balaban J connectivity index is 1.33. The molecule has 4 rings (SSSR count). The summed E-state index contributed by atoms with van der Waals surface area (Å²) >= 11 is 0. The molecule has 0 unspecified atom stereocenters. The Hall–Kier alpha value is -1.85. The standard InChI is InChI=1S/C22H34N4O2/c1-3-25-13-9-18(24-25)15-20(27)26-14-10-19(16(26)2)23-21(28)22(11-12-22)17-7-5-4-6-8-17/h9,13,16-17,19H,3-8,10-12,14-15H2,1-2H3,(H,23,28)/t16-,19-/m1/s1. The summed E-state index contributed by atoms with van der Waals surface area (Å²) in [6, 6.07) is 2.04. The number of nitrogens with one attached hydrogen (secondary N) is 1. The Kier molecular flexibility index (Phi) is 5.48. The zero-order valence-corrected chi connectivity index (χ0v) is 17.3. The van der Waals surface area contributed by atoms with Crippen molar-refractivity contribution in [2.75, 3.05) is 6.54 Å². The first-order valence-corrected chi connectivity index (χ1v) is 11.2. The van der Waals surface area contributed by atoms with Gasteiger partial charge < -0.3 is 10.2 Å². The summed E-state index contributed by atoms with van der Waals surface area (Å²) in [5.74, 6) is 0.940. The van der Waals surface area contributed by atoms with Crippen molar-refractivity contribution in [2.45, 2.75) is 90.3 Å². The van der Waals surface area contributed by atoms with Gasteiger partial charge in [-0.25, -0.2) is 0 Å². The van der Waals surface area contributed by atoms with Gasteiger partial charge in [-0.15, -0.1) is 0 Å². The van der Waals surface area contributed by atoms with Crippen LogP contribution in [-0.2, 0) is 22.6 Å². The average molecular weight is 387 g/mol. The largest absolute Gasteiger partial charge is 0.351 e. The topological polar surface area (TPSA) is 67.2 Å². The molecule has 1 aliphatic heterocycles. The van der Waals surface area contributed by atoms with E-state index < -0.39 is 0 Å². The Bertz CT molecular complexity index is 718. The van der Waals surface area contributed by atoms with Crippen molar-refractivity contribution in [1.82, 2.24) is 20.0 Å². The van der Waals surface area contributed by atoms with Crippen LogP contribution in [-0.4, -0.2) is 45.1 Å². The van der Waals surface area contributed by atoms with Crippen LogP contribution in [0, 0.1) is 11.3 Å². The number of likely N-dealkylation sites (tertiary alicyclic amines) is 1. The molecule has 0 aromatic carbocycles. The highest BCUT2D eigenvalue weighted by Crippen LogP contribution is 2.56. The highest BCUT2D eigenvalue weighted by Gasteiger charge is 2.55. The van der Waals surface area contributed by atoms with E-state index >= 15 is 0 Å². The van der Waals surface area contributed by atoms with Gasteiger partial charge in [0.05, 0.1) is 23.6 Å². The van der Waals surface area contributed by atoms with Crippen molar-refractivity contribution < 1.29 is 9.59 Å². The quantitative estimate of drug-likeness (QED) is 0.817. The van der Waals surface area contributed by atoms with Gasteiger partial charge in [0, 0.05) is 25.3 Å². The molecule has 6 heteroatoms. The van der Waals surface area contributed by atoms with E-state index in [0.29, 0.717) is 12.3 Å². The molecule has 2 atom stereocenters. The molecular formula is C22H34N4O2. The fraction of sp³-hybridized carbons (Fsp3) is 0.773. The molecular weight excluding hydrogens is 352 g/mol. The van der Waals surface area contributed by atoms with Gasteiger partial charge in [-0.3, -0.25) is 14.3 Å². The Labute approximate surface area is 168 Å². The molecule has 1 saturated heterocycles. The van der Waals surface area contributed by atoms with E-state index in [1.807, 2.05) is 28.8 Å². The van der Waals surface area contributed by atoms with Gasteiger partial charge in [0.2, 0.25) is 11.8 Å². The fourth-order valence-electron chi connectivity index (χ4n) is 5.34. The van der Waals surface area contributed by atoms with Crippen molar-refractivity contribution in [3.05, 3.63) is 18.0 Å². The van der Waals surface area contributed by atoms with Crippen molar-refractivity contribution in [3.63, 3.8) is 0 Å². The average Bonchev–Trinajstić information content (AvgIpc) is 3.28. The maximum Gasteiger partial charge on any atom is 0.228 e. The van der Waals surface area contributed by atoms with Crippen LogP contribution in [0.15, 0.2) is 12.3 Å². The summed E-state index contributed by atoms with van der Waals surface area (Å²) in [6.45, 7) is 5.63. The van der Waals surface area contributed by atoms with Gasteiger partial charge >= 0.3 is 0 Å². The molecule has 2 saturated carbocycles. The van der Waals surface area contributed by atoms with Crippen molar-refractivity contribution >= 4 is 11.8 Å². The first kappa shape index (κ1) is 19.5. The summed E-state index contributed by atoms with van der Waals surface area (Å²) in [5.41, 5.74) is 0.727. The summed E-state index contributed by atoms with van der Waals surface area (Å²) < 4.78 is 1.85. The van der Waals surface area contributed by atoms with E-state index in [9.17, 15) is 9.59 Å². The molecule has 0 radical (unpaired) electrons. The van der Waals surface area contributed by atoms with Gasteiger partial charge in [0.15, 0.2) is 0 Å². The van der Waals surface area contributed by atoms with Gasteiger partial charge in [-0.1, -0.05) is 19.3 Å². The number of carbonyl (C=O) groups is 2. The third kappa shape index (κ3) is 3.70. The minimum absolute atomic E-state index is 0.0480. The Morgan fingerprint density at radius 2 is 1.96 bits per heavy atom. The zero-order chi connectivity index (χ0) is 19.7. The predicted octanol–water partition coefficient (Wildman–Crippen LogP) is 2.91. The maximum atomic E-state index is 13.1. The lowest BCUT2D eigenvalue weighted by molar-refractivity contribution is -0.133. The molecule has 0 spiro atoms. The lowest BCUT2D eigenvalue weighted by atomic mass is 9.77. The SMILES string of the molecule is CCn1ccc(CC(=O)N2CC[C@@H](NC(=O)C3(C4CCCCC4)CC3)[C@H]2C)n1. The summed E-state index contributed by atoms with van der Waals surface area (Å²) in [5, 5.41) is 7.76. The Morgan fingerprint density at radius 1 is 1.21 bits per heavy atom. The predicted molar refractivity (Wildman–Crippen MR) is 108 cm³/mol. The third-order valence-electron chi connectivity index (χ3n) is 7.37. The van der Waals surface area contributed by atoms with E-state index in [0.717, 1.165) is 38.0 Å². The summed E-state index contributed by atoms with van der Waals surface area (Å²) in [4.78, 5) is 27.8. The van der Waals surface area contributed by atoms with E-state index in [2.05, 4.69) is 17.3 Å². The van der Waals surface area contributed by atoms with Crippen molar-refractivity contribution in [2.24, 2.45) is 11.3 Å². The molecule has 2 amide bonds. The fourth-order valence-corrected chi connectivity index (χ4v) is 5.34. The second-order valence-corrected chi connectivity index (χ2v) is 9.03. The summed E-state index contributed by atoms with van der Waals surface area (Å²) in [6.07, 6.45) is 11.5. The van der Waals surface area contributed by atoms with Crippen LogP contribution in [0.3, 0.4) is 0 Å². The lowest BCUT2D eigenvalue weighted by Gasteiger charge is -2.31. The number of aromatic nitrogens is 2. The smallest absolute Gasteiger partial charge is 0.228 e. The molecule has 28 heavy (non-hydrogen) atoms. The lowest BCUT2D eigenvalue weighted by Crippen LogP contribution is -2.48. The minimum Gasteiger partial charge on any atom is -0.351 e. The summed E-state index contributed by atoms with van der Waals surface area (Å²) in [7, 11) is 0. The van der Waals surface area contributed by atoms with Crippen molar-refractivity contribution in [1.29, 1.82) is 0 Å². The minimum atomic E-state index is -0.0927. The highest BCUT2D eigenvalue weighted by molar-refractivity contribution is 5.86. The van der Waals surface area contributed by atoms with Gasteiger partial charge in [0.1, 0.15) is 0 Å². The highest BCUT2D eigenvalue weighted by atomic mass is 16.2. The maximum absolute atomic E-state index is 13.1. The van der Waals surface area contributed by atoms with Crippen LogP contribution in [0.25, 0.3) is 0 Å². The molecule has 0 bridgehead atoms. The second-order valence-electron chi connectivity index (χ2n) is 9.03. The number of aryl methyl sites for hydroxylation is 1.